The summed E-state index contributed by atoms with van der Waals surface area (Å²) in [7, 11) is 0. The van der Waals surface area contributed by atoms with Gasteiger partial charge in [-0.1, -0.05) is 19.1 Å². The summed E-state index contributed by atoms with van der Waals surface area (Å²) in [5, 5.41) is 0. The fourth-order valence-corrected chi connectivity index (χ4v) is 6.14. The number of allylic oxidation sites excluding steroid dienone is 1. The van der Waals surface area contributed by atoms with Gasteiger partial charge in [0.1, 0.15) is 5.75 Å². The topological polar surface area (TPSA) is 9.23 Å². The Morgan fingerprint density at radius 1 is 0.963 bits per heavy atom. The summed E-state index contributed by atoms with van der Waals surface area (Å²) < 4.78 is 18.3. The maximum atomic E-state index is 12.5. The standard InChI is InChI=1S/C25H35FO/c1-2-13-27-25-10-9-23-16-22(7-8-24(23)17-25)21-6-5-19-14-18(11-12-26)3-4-20(19)15-21/h9-12,17-22H,2-8,13-16H2,1H3/t18-,19?,20+,21?,22?/m0/s1. The molecular weight excluding hydrogens is 335 g/mol. The molecule has 3 unspecified atom stereocenters. The van der Waals surface area contributed by atoms with E-state index in [0.29, 0.717) is 5.92 Å². The molecule has 5 atom stereocenters. The van der Waals surface area contributed by atoms with Gasteiger partial charge in [0.25, 0.3) is 0 Å². The van der Waals surface area contributed by atoms with Crippen molar-refractivity contribution in [3.05, 3.63) is 41.7 Å². The number of benzene rings is 1. The summed E-state index contributed by atoms with van der Waals surface area (Å²) in [5.74, 6) is 5.07. The highest BCUT2D eigenvalue weighted by Gasteiger charge is 2.38. The van der Waals surface area contributed by atoms with E-state index in [1.165, 1.54) is 63.4 Å². The molecule has 0 bridgehead atoms. The first-order chi connectivity index (χ1) is 13.3. The van der Waals surface area contributed by atoms with Crippen molar-refractivity contribution >= 4 is 0 Å². The average molecular weight is 371 g/mol. The number of rotatable bonds is 5. The van der Waals surface area contributed by atoms with Gasteiger partial charge in [0.15, 0.2) is 0 Å². The molecule has 0 heterocycles. The highest BCUT2D eigenvalue weighted by molar-refractivity contribution is 5.37. The SMILES string of the molecule is CCCOc1ccc2c(c1)CCC(C1CCC3C[C@H](C=CF)CC[C@@H]3C1)C2. The minimum atomic E-state index is 0.499. The Balaban J connectivity index is 1.35. The minimum Gasteiger partial charge on any atom is -0.494 e. The maximum absolute atomic E-state index is 12.5. The van der Waals surface area contributed by atoms with Crippen LogP contribution in [0.5, 0.6) is 5.75 Å². The predicted molar refractivity (Wildman–Crippen MR) is 110 cm³/mol. The van der Waals surface area contributed by atoms with E-state index in [0.717, 1.165) is 48.8 Å². The molecule has 148 valence electrons. The van der Waals surface area contributed by atoms with Crippen molar-refractivity contribution in [3.63, 3.8) is 0 Å². The Kier molecular flexibility index (Phi) is 6.20. The maximum Gasteiger partial charge on any atom is 0.119 e. The van der Waals surface area contributed by atoms with Gasteiger partial charge in [0.2, 0.25) is 0 Å². The van der Waals surface area contributed by atoms with Crippen LogP contribution in [-0.4, -0.2) is 6.61 Å². The first kappa shape index (κ1) is 19.0. The van der Waals surface area contributed by atoms with E-state index in [1.807, 2.05) is 0 Å². The van der Waals surface area contributed by atoms with Gasteiger partial charge >= 0.3 is 0 Å². The lowest BCUT2D eigenvalue weighted by molar-refractivity contribution is 0.0809. The Bertz CT molecular complexity index is 652. The summed E-state index contributed by atoms with van der Waals surface area (Å²) >= 11 is 0. The molecule has 0 spiro atoms. The monoisotopic (exact) mass is 370 g/mol. The molecule has 1 nitrogen and oxygen atoms in total. The molecule has 27 heavy (non-hydrogen) atoms. The molecule has 0 N–H and O–H groups in total. The molecule has 1 aromatic rings. The van der Waals surface area contributed by atoms with Gasteiger partial charge in [-0.05, 0) is 117 Å². The Hall–Kier alpha value is -1.31. The lowest BCUT2D eigenvalue weighted by atomic mass is 9.61. The van der Waals surface area contributed by atoms with Crippen molar-refractivity contribution in [2.45, 2.75) is 71.1 Å². The second-order valence-electron chi connectivity index (χ2n) is 9.27. The quantitative estimate of drug-likeness (QED) is 0.548. The van der Waals surface area contributed by atoms with Gasteiger partial charge in [0.05, 0.1) is 12.9 Å². The van der Waals surface area contributed by atoms with Crippen molar-refractivity contribution in [2.24, 2.45) is 29.6 Å². The third-order valence-corrected chi connectivity index (χ3v) is 7.62. The predicted octanol–water partition coefficient (Wildman–Crippen LogP) is 6.90. The van der Waals surface area contributed by atoms with Gasteiger partial charge in [0, 0.05) is 0 Å². The third kappa shape index (κ3) is 4.41. The number of aryl methyl sites for hydroxylation is 1. The van der Waals surface area contributed by atoms with E-state index in [9.17, 15) is 4.39 Å². The van der Waals surface area contributed by atoms with Crippen LogP contribution in [0, 0.1) is 29.6 Å². The largest absolute Gasteiger partial charge is 0.494 e. The van der Waals surface area contributed by atoms with Gasteiger partial charge in [-0.25, -0.2) is 4.39 Å². The van der Waals surface area contributed by atoms with Crippen molar-refractivity contribution in [1.82, 2.24) is 0 Å². The van der Waals surface area contributed by atoms with Crippen molar-refractivity contribution in [1.29, 1.82) is 0 Å². The van der Waals surface area contributed by atoms with Gasteiger partial charge in [-0.2, -0.15) is 0 Å². The minimum absolute atomic E-state index is 0.499. The molecule has 0 aromatic heterocycles. The van der Waals surface area contributed by atoms with Crippen LogP contribution in [0.2, 0.25) is 0 Å². The normalized spacial score (nSPS) is 33.5. The number of hydrogen-bond acceptors (Lipinski definition) is 1. The molecule has 0 radical (unpaired) electrons. The Morgan fingerprint density at radius 2 is 1.74 bits per heavy atom. The fraction of sp³-hybridized carbons (Fsp3) is 0.680. The number of hydrogen-bond donors (Lipinski definition) is 0. The van der Waals surface area contributed by atoms with Crippen LogP contribution in [0.15, 0.2) is 30.6 Å². The van der Waals surface area contributed by atoms with E-state index in [4.69, 9.17) is 4.74 Å². The summed E-state index contributed by atoms with van der Waals surface area (Å²) in [6, 6.07) is 6.79. The summed E-state index contributed by atoms with van der Waals surface area (Å²) in [6.45, 7) is 2.97. The molecule has 3 aliphatic rings. The van der Waals surface area contributed by atoms with E-state index >= 15 is 0 Å². The highest BCUT2D eigenvalue weighted by atomic mass is 19.1. The van der Waals surface area contributed by atoms with E-state index in [-0.39, 0.29) is 0 Å². The van der Waals surface area contributed by atoms with Crippen molar-refractivity contribution in [2.75, 3.05) is 6.61 Å². The second kappa shape index (κ2) is 8.80. The van der Waals surface area contributed by atoms with Crippen molar-refractivity contribution in [3.8, 4) is 5.75 Å². The summed E-state index contributed by atoms with van der Waals surface area (Å²) in [6.07, 6.45) is 15.4. The zero-order valence-corrected chi connectivity index (χ0v) is 16.8. The molecule has 0 aliphatic heterocycles. The van der Waals surface area contributed by atoms with Crippen molar-refractivity contribution < 1.29 is 9.13 Å². The van der Waals surface area contributed by atoms with Crippen LogP contribution in [0.3, 0.4) is 0 Å². The number of fused-ring (bicyclic) bond motifs is 2. The van der Waals surface area contributed by atoms with Crippen LogP contribution >= 0.6 is 0 Å². The van der Waals surface area contributed by atoms with Crippen LogP contribution in [-0.2, 0) is 12.8 Å². The highest BCUT2D eigenvalue weighted by Crippen LogP contribution is 2.48. The molecule has 0 amide bonds. The zero-order chi connectivity index (χ0) is 18.6. The smallest absolute Gasteiger partial charge is 0.119 e. The number of halogens is 1. The summed E-state index contributed by atoms with van der Waals surface area (Å²) in [5.41, 5.74) is 3.08. The molecule has 3 aliphatic carbocycles. The Labute approximate surface area is 164 Å². The third-order valence-electron chi connectivity index (χ3n) is 7.62. The molecule has 0 saturated heterocycles. The van der Waals surface area contributed by atoms with E-state index < -0.39 is 0 Å². The lowest BCUT2D eigenvalue weighted by Crippen LogP contribution is -2.34. The van der Waals surface area contributed by atoms with Crippen LogP contribution in [0.1, 0.15) is 69.4 Å². The molecule has 1 aromatic carbocycles. The molecule has 2 saturated carbocycles. The van der Waals surface area contributed by atoms with Gasteiger partial charge in [-0.15, -0.1) is 0 Å². The van der Waals surface area contributed by atoms with Gasteiger partial charge in [-0.3, -0.25) is 0 Å². The average Bonchev–Trinajstić information content (AvgIpc) is 2.71. The molecule has 4 rings (SSSR count). The summed E-state index contributed by atoms with van der Waals surface area (Å²) in [4.78, 5) is 0. The molecule has 2 heteroatoms. The van der Waals surface area contributed by atoms with Crippen LogP contribution in [0.4, 0.5) is 4.39 Å². The van der Waals surface area contributed by atoms with Crippen LogP contribution < -0.4 is 4.74 Å². The van der Waals surface area contributed by atoms with Crippen LogP contribution in [0.25, 0.3) is 0 Å². The zero-order valence-electron chi connectivity index (χ0n) is 16.8. The molecular formula is C25H35FO. The Morgan fingerprint density at radius 3 is 2.56 bits per heavy atom. The first-order valence-electron chi connectivity index (χ1n) is 11.3. The van der Waals surface area contributed by atoms with Gasteiger partial charge < -0.3 is 4.74 Å². The van der Waals surface area contributed by atoms with E-state index in [1.54, 1.807) is 11.6 Å². The first-order valence-corrected chi connectivity index (χ1v) is 11.3. The lowest BCUT2D eigenvalue weighted by Gasteiger charge is -2.44. The number of ether oxygens (including phenoxy) is 1. The molecule has 2 fully saturated rings. The van der Waals surface area contributed by atoms with E-state index in [2.05, 4.69) is 25.1 Å². The second-order valence-corrected chi connectivity index (χ2v) is 9.27. The fourth-order valence-electron chi connectivity index (χ4n) is 6.14.